The van der Waals surface area contributed by atoms with E-state index >= 15 is 0 Å². The number of hydrogen-bond donors (Lipinski definition) is 1. The van der Waals surface area contributed by atoms with Gasteiger partial charge in [-0.15, -0.1) is 0 Å². The zero-order valence-corrected chi connectivity index (χ0v) is 13.2. The standard InChI is InChI=1S/C16H18N2O6/c1-24-13-7-10(4-5-12(13)18(22)23)14(19)17-8-11-3-2-6-16(11,9-17)15(20)21/h4-5,7,11H,2-3,6,8-9H2,1H3,(H,20,21)/t11-,16+/m0/s1. The second-order valence-corrected chi connectivity index (χ2v) is 6.38. The number of nitrogens with zero attached hydrogens (tertiary/aromatic N) is 2. The Labute approximate surface area is 138 Å². The zero-order chi connectivity index (χ0) is 17.5. The van der Waals surface area contributed by atoms with Gasteiger partial charge in [-0.2, -0.15) is 0 Å². The van der Waals surface area contributed by atoms with Gasteiger partial charge in [0.05, 0.1) is 17.4 Å². The average molecular weight is 334 g/mol. The lowest BCUT2D eigenvalue weighted by Crippen LogP contribution is -2.37. The summed E-state index contributed by atoms with van der Waals surface area (Å²) in [7, 11) is 1.30. The Kier molecular flexibility index (Phi) is 3.90. The molecule has 8 heteroatoms. The fourth-order valence-corrected chi connectivity index (χ4v) is 3.94. The minimum Gasteiger partial charge on any atom is -0.490 e. The summed E-state index contributed by atoms with van der Waals surface area (Å²) >= 11 is 0. The molecule has 2 aliphatic rings. The molecule has 1 saturated carbocycles. The van der Waals surface area contributed by atoms with Crippen LogP contribution in [0.5, 0.6) is 5.75 Å². The van der Waals surface area contributed by atoms with E-state index in [0.29, 0.717) is 13.0 Å². The third-order valence-corrected chi connectivity index (χ3v) is 5.21. The van der Waals surface area contributed by atoms with E-state index in [0.717, 1.165) is 12.8 Å². The predicted molar refractivity (Wildman–Crippen MR) is 83.0 cm³/mol. The Balaban J connectivity index is 1.86. The molecule has 0 radical (unpaired) electrons. The fourth-order valence-electron chi connectivity index (χ4n) is 3.94. The maximum atomic E-state index is 12.7. The summed E-state index contributed by atoms with van der Waals surface area (Å²) in [6, 6.07) is 3.95. The number of amides is 1. The first-order valence-corrected chi connectivity index (χ1v) is 7.74. The van der Waals surface area contributed by atoms with Crippen molar-refractivity contribution in [2.24, 2.45) is 11.3 Å². The molecule has 128 valence electrons. The second kappa shape index (κ2) is 5.77. The van der Waals surface area contributed by atoms with E-state index in [1.54, 1.807) is 4.90 Å². The number of benzene rings is 1. The number of hydrogen-bond acceptors (Lipinski definition) is 5. The molecular formula is C16H18N2O6. The number of carboxylic acids is 1. The van der Waals surface area contributed by atoms with Crippen molar-refractivity contribution >= 4 is 17.6 Å². The van der Waals surface area contributed by atoms with Gasteiger partial charge in [0, 0.05) is 30.8 Å². The third-order valence-electron chi connectivity index (χ3n) is 5.21. The van der Waals surface area contributed by atoms with Gasteiger partial charge in [-0.25, -0.2) is 0 Å². The third kappa shape index (κ3) is 2.38. The molecule has 1 aliphatic carbocycles. The van der Waals surface area contributed by atoms with Gasteiger partial charge in [0.1, 0.15) is 0 Å². The lowest BCUT2D eigenvalue weighted by Gasteiger charge is -2.23. The van der Waals surface area contributed by atoms with Crippen molar-refractivity contribution in [3.63, 3.8) is 0 Å². The minimum absolute atomic E-state index is 0.0122. The number of nitro benzene ring substituents is 1. The predicted octanol–water partition coefficient (Wildman–Crippen LogP) is 1.93. The van der Waals surface area contributed by atoms with Crippen LogP contribution in [0, 0.1) is 21.4 Å². The number of aliphatic carboxylic acids is 1. The van der Waals surface area contributed by atoms with Crippen LogP contribution in [-0.2, 0) is 4.79 Å². The number of methoxy groups -OCH3 is 1. The Morgan fingerprint density at radius 2 is 2.21 bits per heavy atom. The lowest BCUT2D eigenvalue weighted by atomic mass is 9.81. The van der Waals surface area contributed by atoms with Crippen molar-refractivity contribution in [3.8, 4) is 5.75 Å². The van der Waals surface area contributed by atoms with Crippen molar-refractivity contribution in [1.29, 1.82) is 0 Å². The first-order chi connectivity index (χ1) is 11.4. The molecule has 2 atom stereocenters. The van der Waals surface area contributed by atoms with Gasteiger partial charge in [0.25, 0.3) is 5.91 Å². The van der Waals surface area contributed by atoms with Crippen molar-refractivity contribution in [1.82, 2.24) is 4.90 Å². The SMILES string of the molecule is COc1cc(C(=O)N2C[C@@H]3CCC[C@@]3(C(=O)O)C2)ccc1[N+](=O)[O-]. The highest BCUT2D eigenvalue weighted by atomic mass is 16.6. The summed E-state index contributed by atoms with van der Waals surface area (Å²) in [4.78, 5) is 36.3. The molecule has 1 saturated heterocycles. The van der Waals surface area contributed by atoms with Crippen molar-refractivity contribution < 1.29 is 24.4 Å². The number of fused-ring (bicyclic) bond motifs is 1. The summed E-state index contributed by atoms with van der Waals surface area (Å²) in [6.45, 7) is 0.593. The van der Waals surface area contributed by atoms with Crippen LogP contribution in [0.4, 0.5) is 5.69 Å². The average Bonchev–Trinajstić information content (AvgIpc) is 3.11. The van der Waals surface area contributed by atoms with E-state index in [9.17, 15) is 24.8 Å². The Bertz CT molecular complexity index is 719. The molecule has 1 aromatic carbocycles. The van der Waals surface area contributed by atoms with Crippen LogP contribution in [-0.4, -0.2) is 47.0 Å². The van der Waals surface area contributed by atoms with Crippen LogP contribution in [0.1, 0.15) is 29.6 Å². The molecule has 8 nitrogen and oxygen atoms in total. The molecule has 3 rings (SSSR count). The Morgan fingerprint density at radius 1 is 1.46 bits per heavy atom. The van der Waals surface area contributed by atoms with Gasteiger partial charge in [0.2, 0.25) is 0 Å². The number of carbonyl (C=O) groups is 2. The molecule has 24 heavy (non-hydrogen) atoms. The Hall–Kier alpha value is -2.64. The van der Waals surface area contributed by atoms with E-state index in [2.05, 4.69) is 0 Å². The molecule has 1 aromatic rings. The number of likely N-dealkylation sites (tertiary alicyclic amines) is 1. The summed E-state index contributed by atoms with van der Waals surface area (Å²) in [5.41, 5.74) is -0.798. The first kappa shape index (κ1) is 16.2. The monoisotopic (exact) mass is 334 g/mol. The molecule has 1 amide bonds. The second-order valence-electron chi connectivity index (χ2n) is 6.38. The van der Waals surface area contributed by atoms with Gasteiger partial charge >= 0.3 is 11.7 Å². The first-order valence-electron chi connectivity index (χ1n) is 7.74. The van der Waals surface area contributed by atoms with Crippen LogP contribution in [0.2, 0.25) is 0 Å². The van der Waals surface area contributed by atoms with Crippen molar-refractivity contribution in [3.05, 3.63) is 33.9 Å². The van der Waals surface area contributed by atoms with Gasteiger partial charge < -0.3 is 14.7 Å². The molecule has 1 heterocycles. The van der Waals surface area contributed by atoms with Crippen LogP contribution in [0.25, 0.3) is 0 Å². The molecule has 0 aromatic heterocycles. The maximum absolute atomic E-state index is 12.7. The van der Waals surface area contributed by atoms with E-state index in [1.807, 2.05) is 0 Å². The van der Waals surface area contributed by atoms with E-state index < -0.39 is 16.3 Å². The molecule has 0 spiro atoms. The summed E-state index contributed by atoms with van der Waals surface area (Å²) in [6.07, 6.45) is 2.25. The topological polar surface area (TPSA) is 110 Å². The number of rotatable bonds is 4. The fraction of sp³-hybridized carbons (Fsp3) is 0.500. The van der Waals surface area contributed by atoms with Gasteiger partial charge in [-0.05, 0) is 24.8 Å². The lowest BCUT2D eigenvalue weighted by molar-refractivity contribution is -0.385. The minimum atomic E-state index is -0.847. The summed E-state index contributed by atoms with van der Waals surface area (Å²) < 4.78 is 4.99. The number of carbonyl (C=O) groups excluding carboxylic acids is 1. The van der Waals surface area contributed by atoms with Crippen LogP contribution in [0.3, 0.4) is 0 Å². The quantitative estimate of drug-likeness (QED) is 0.665. The normalized spacial score (nSPS) is 25.4. The molecular weight excluding hydrogens is 316 g/mol. The summed E-state index contributed by atoms with van der Waals surface area (Å²) in [5.74, 6) is -1.18. The largest absolute Gasteiger partial charge is 0.490 e. The van der Waals surface area contributed by atoms with Gasteiger partial charge in [-0.1, -0.05) is 6.42 Å². The maximum Gasteiger partial charge on any atom is 0.311 e. The van der Waals surface area contributed by atoms with Crippen LogP contribution < -0.4 is 4.74 Å². The van der Waals surface area contributed by atoms with Crippen LogP contribution in [0.15, 0.2) is 18.2 Å². The highest BCUT2D eigenvalue weighted by Gasteiger charge is 2.55. The summed E-state index contributed by atoms with van der Waals surface area (Å²) in [5, 5.41) is 20.5. The van der Waals surface area contributed by atoms with Crippen LogP contribution >= 0.6 is 0 Å². The van der Waals surface area contributed by atoms with E-state index in [-0.39, 0.29) is 35.4 Å². The smallest absolute Gasteiger partial charge is 0.311 e. The molecule has 1 aliphatic heterocycles. The zero-order valence-electron chi connectivity index (χ0n) is 13.2. The highest BCUT2D eigenvalue weighted by Crippen LogP contribution is 2.49. The van der Waals surface area contributed by atoms with E-state index in [4.69, 9.17) is 4.74 Å². The molecule has 0 unspecified atom stereocenters. The highest BCUT2D eigenvalue weighted by molar-refractivity contribution is 5.96. The van der Waals surface area contributed by atoms with Gasteiger partial charge in [0.15, 0.2) is 5.75 Å². The number of nitro groups is 1. The molecule has 1 N–H and O–H groups in total. The Morgan fingerprint density at radius 3 is 2.79 bits per heavy atom. The number of carboxylic acid groups (broad SMARTS) is 1. The van der Waals surface area contributed by atoms with Crippen molar-refractivity contribution in [2.75, 3.05) is 20.2 Å². The van der Waals surface area contributed by atoms with Gasteiger partial charge in [-0.3, -0.25) is 19.7 Å². The molecule has 2 fully saturated rings. The number of ether oxygens (including phenoxy) is 1. The molecule has 0 bridgehead atoms. The van der Waals surface area contributed by atoms with Crippen molar-refractivity contribution in [2.45, 2.75) is 19.3 Å². The van der Waals surface area contributed by atoms with E-state index in [1.165, 1.54) is 25.3 Å².